The quantitative estimate of drug-likeness (QED) is 0.605. The van der Waals surface area contributed by atoms with Gasteiger partial charge in [-0.15, -0.1) is 16.9 Å². The topological polar surface area (TPSA) is 75.6 Å². The molecule has 24 heavy (non-hydrogen) atoms. The van der Waals surface area contributed by atoms with E-state index in [4.69, 9.17) is 4.74 Å². The summed E-state index contributed by atoms with van der Waals surface area (Å²) in [5, 5.41) is 12.1. The molecule has 0 aliphatic rings. The molecule has 0 spiro atoms. The maximum atomic E-state index is 12.1. The number of nitrogens with one attached hydrogen (secondary N) is 1. The Morgan fingerprint density at radius 1 is 1.29 bits per heavy atom. The van der Waals surface area contributed by atoms with Crippen molar-refractivity contribution in [3.8, 4) is 11.5 Å². The van der Waals surface area contributed by atoms with Gasteiger partial charge in [-0.05, 0) is 27.2 Å². The van der Waals surface area contributed by atoms with Crippen LogP contribution in [0.4, 0.5) is 10.5 Å². The molecule has 0 aromatic carbocycles. The number of hydrogen-bond acceptors (Lipinski definition) is 4. The molecule has 0 fully saturated rings. The van der Waals surface area contributed by atoms with Gasteiger partial charge in [-0.3, -0.25) is 5.32 Å². The molecule has 1 aromatic rings. The average molecular weight is 368 g/mol. The van der Waals surface area contributed by atoms with Crippen LogP contribution in [0.3, 0.4) is 0 Å². The van der Waals surface area contributed by atoms with Crippen LogP contribution in [0.5, 0.6) is 0 Å². The molecule has 2 N–H and O–H groups in total. The summed E-state index contributed by atoms with van der Waals surface area (Å²) < 4.78 is 5.28. The Kier molecular flexibility index (Phi) is 6.25. The second-order valence-corrected chi connectivity index (χ2v) is 13.2. The maximum Gasteiger partial charge on any atom is 0.412 e. The van der Waals surface area contributed by atoms with Gasteiger partial charge in [0.25, 0.3) is 0 Å². The first-order valence-corrected chi connectivity index (χ1v) is 12.1. The lowest BCUT2D eigenvalue weighted by atomic mass is 10.1. The molecular weight excluding hydrogens is 342 g/mol. The van der Waals surface area contributed by atoms with Crippen LogP contribution in [0.1, 0.15) is 47.8 Å². The zero-order valence-corrected chi connectivity index (χ0v) is 17.1. The van der Waals surface area contributed by atoms with Gasteiger partial charge in [-0.25, -0.2) is 9.59 Å². The third-order valence-corrected chi connectivity index (χ3v) is 4.74. The predicted molar refractivity (Wildman–Crippen MR) is 101 cm³/mol. The van der Waals surface area contributed by atoms with Crippen LogP contribution in [0, 0.1) is 11.5 Å². The molecule has 0 bridgehead atoms. The van der Waals surface area contributed by atoms with Gasteiger partial charge < -0.3 is 9.84 Å². The summed E-state index contributed by atoms with van der Waals surface area (Å²) in [6, 6.07) is 0. The highest BCUT2D eigenvalue weighted by Gasteiger charge is 2.24. The third kappa shape index (κ3) is 6.02. The Balaban J connectivity index is 3.34. The minimum atomic E-state index is -1.63. The largest absolute Gasteiger partial charge is 0.477 e. The normalized spacial score (nSPS) is 11.5. The highest BCUT2D eigenvalue weighted by Crippen LogP contribution is 2.34. The number of carboxylic acids is 1. The van der Waals surface area contributed by atoms with Crippen LogP contribution in [-0.4, -0.2) is 30.8 Å². The monoisotopic (exact) mass is 367 g/mol. The van der Waals surface area contributed by atoms with E-state index in [0.717, 1.165) is 11.3 Å². The number of hydrogen-bond donors (Lipinski definition) is 2. The van der Waals surface area contributed by atoms with E-state index in [2.05, 4.69) is 36.4 Å². The first-order chi connectivity index (χ1) is 10.8. The van der Waals surface area contributed by atoms with Crippen LogP contribution in [0.2, 0.25) is 19.6 Å². The van der Waals surface area contributed by atoms with Crippen LogP contribution in [-0.2, 0) is 11.2 Å². The van der Waals surface area contributed by atoms with Crippen molar-refractivity contribution in [1.82, 2.24) is 0 Å². The van der Waals surface area contributed by atoms with Crippen molar-refractivity contribution in [3.63, 3.8) is 0 Å². The van der Waals surface area contributed by atoms with Crippen molar-refractivity contribution in [3.05, 3.63) is 15.3 Å². The summed E-state index contributed by atoms with van der Waals surface area (Å²) in [6.45, 7) is 13.5. The number of carbonyl (C=O) groups excluding carboxylic acids is 1. The first-order valence-electron chi connectivity index (χ1n) is 7.76. The smallest absolute Gasteiger partial charge is 0.412 e. The van der Waals surface area contributed by atoms with E-state index in [-0.39, 0.29) is 4.88 Å². The lowest BCUT2D eigenvalue weighted by molar-refractivity contribution is 0.0633. The SMILES string of the molecule is CCc1c(C(=O)O)sc(C#C[Si](C)(C)C)c1NC(=O)OC(C)(C)C. The molecule has 1 heterocycles. The van der Waals surface area contributed by atoms with Gasteiger partial charge in [0.2, 0.25) is 0 Å². The molecule has 0 saturated heterocycles. The van der Waals surface area contributed by atoms with E-state index in [0.29, 0.717) is 22.5 Å². The molecule has 0 saturated carbocycles. The fraction of sp³-hybridized carbons (Fsp3) is 0.529. The van der Waals surface area contributed by atoms with Crippen LogP contribution >= 0.6 is 11.3 Å². The summed E-state index contributed by atoms with van der Waals surface area (Å²) >= 11 is 1.10. The van der Waals surface area contributed by atoms with E-state index in [1.165, 1.54) is 0 Å². The van der Waals surface area contributed by atoms with Crippen LogP contribution in [0.15, 0.2) is 0 Å². The molecule has 0 aliphatic carbocycles. The van der Waals surface area contributed by atoms with Crippen molar-refractivity contribution >= 4 is 37.2 Å². The molecule has 0 aliphatic heterocycles. The number of anilines is 1. The zero-order chi connectivity index (χ0) is 18.7. The molecule has 0 radical (unpaired) electrons. The second-order valence-electron chi connectivity index (χ2n) is 7.40. The molecule has 5 nitrogen and oxygen atoms in total. The Morgan fingerprint density at radius 2 is 1.88 bits per heavy atom. The molecule has 132 valence electrons. The predicted octanol–water partition coefficient (Wildman–Crippen LogP) is 4.58. The average Bonchev–Trinajstić information content (AvgIpc) is 2.71. The number of thiophene rings is 1. The van der Waals surface area contributed by atoms with Crippen molar-refractivity contribution in [2.45, 2.75) is 59.4 Å². The minimum Gasteiger partial charge on any atom is -0.477 e. The van der Waals surface area contributed by atoms with Crippen LogP contribution in [0.25, 0.3) is 0 Å². The van der Waals surface area contributed by atoms with Crippen molar-refractivity contribution in [2.24, 2.45) is 0 Å². The molecule has 1 rings (SSSR count). The summed E-state index contributed by atoms with van der Waals surface area (Å²) in [6.07, 6.45) is -0.124. The van der Waals surface area contributed by atoms with Crippen LogP contribution < -0.4 is 5.32 Å². The van der Waals surface area contributed by atoms with Crippen molar-refractivity contribution < 1.29 is 19.4 Å². The van der Waals surface area contributed by atoms with Crippen molar-refractivity contribution in [1.29, 1.82) is 0 Å². The highest BCUT2D eigenvalue weighted by atomic mass is 32.1. The zero-order valence-electron chi connectivity index (χ0n) is 15.3. The number of carboxylic acid groups (broad SMARTS) is 1. The van der Waals surface area contributed by atoms with E-state index < -0.39 is 25.7 Å². The van der Waals surface area contributed by atoms with E-state index in [1.807, 2.05) is 6.92 Å². The molecule has 7 heteroatoms. The Bertz CT molecular complexity index is 699. The lowest BCUT2D eigenvalue weighted by Gasteiger charge is -2.20. The molecular formula is C17H25NO4SSi. The number of rotatable bonds is 3. The second kappa shape index (κ2) is 7.41. The molecule has 0 atom stereocenters. The van der Waals surface area contributed by atoms with E-state index in [1.54, 1.807) is 20.8 Å². The van der Waals surface area contributed by atoms with Gasteiger partial charge in [0.05, 0.1) is 5.69 Å². The highest BCUT2D eigenvalue weighted by molar-refractivity contribution is 7.15. The molecule has 1 aromatic heterocycles. The van der Waals surface area contributed by atoms with E-state index >= 15 is 0 Å². The Hall–Kier alpha value is -1.78. The number of amides is 1. The number of aromatic carboxylic acids is 1. The summed E-state index contributed by atoms with van der Waals surface area (Å²) in [5.41, 5.74) is 3.63. The Labute approximate surface area is 148 Å². The van der Waals surface area contributed by atoms with Gasteiger partial charge in [0.1, 0.15) is 23.4 Å². The first kappa shape index (κ1) is 20.3. The molecule has 0 unspecified atom stereocenters. The summed E-state index contributed by atoms with van der Waals surface area (Å²) in [5.74, 6) is 2.06. The number of carbonyl (C=O) groups is 2. The maximum absolute atomic E-state index is 12.1. The van der Waals surface area contributed by atoms with Gasteiger partial charge in [-0.1, -0.05) is 32.5 Å². The fourth-order valence-electron chi connectivity index (χ4n) is 1.85. The van der Waals surface area contributed by atoms with Crippen molar-refractivity contribution in [2.75, 3.05) is 5.32 Å². The van der Waals surface area contributed by atoms with Gasteiger partial charge in [0, 0.05) is 5.56 Å². The van der Waals surface area contributed by atoms with Gasteiger partial charge in [0.15, 0.2) is 0 Å². The van der Waals surface area contributed by atoms with Gasteiger partial charge >= 0.3 is 12.1 Å². The number of ether oxygens (including phenoxy) is 1. The standard InChI is InChI=1S/C17H25NO4SSi/c1-8-11-13(18-16(21)22-17(2,3)4)12(9-10-24(5,6)7)23-14(11)15(19)20/h8H2,1-7H3,(H,18,21)(H,19,20). The third-order valence-electron chi connectivity index (χ3n) is 2.73. The lowest BCUT2D eigenvalue weighted by Crippen LogP contribution is -2.27. The van der Waals surface area contributed by atoms with Gasteiger partial charge in [-0.2, -0.15) is 0 Å². The minimum absolute atomic E-state index is 0.212. The summed E-state index contributed by atoms with van der Waals surface area (Å²) in [4.78, 5) is 24.4. The summed E-state index contributed by atoms with van der Waals surface area (Å²) in [7, 11) is -1.63. The fourth-order valence-corrected chi connectivity index (χ4v) is 3.48. The van der Waals surface area contributed by atoms with E-state index in [9.17, 15) is 14.7 Å². The molecule has 1 amide bonds. The Morgan fingerprint density at radius 3 is 2.29 bits per heavy atom.